The van der Waals surface area contributed by atoms with Crippen LogP contribution >= 0.6 is 10.7 Å². The van der Waals surface area contributed by atoms with Crippen LogP contribution in [-0.2, 0) is 9.05 Å². The summed E-state index contributed by atoms with van der Waals surface area (Å²) in [7, 11) is 1.83. The Balaban J connectivity index is 3.62. The second-order valence-electron chi connectivity index (χ2n) is 2.78. The van der Waals surface area contributed by atoms with Crippen LogP contribution in [0.25, 0.3) is 0 Å². The van der Waals surface area contributed by atoms with Crippen LogP contribution in [0.15, 0.2) is 11.1 Å². The molecule has 0 saturated heterocycles. The number of nitrogens with zero attached hydrogens (tertiary/aromatic N) is 2. The van der Waals surface area contributed by atoms with Crippen LogP contribution in [0.4, 0.5) is 8.78 Å². The monoisotopic (exact) mass is 282 g/mol. The number of pyridine rings is 1. The van der Waals surface area contributed by atoms with Crippen molar-refractivity contribution in [1.29, 1.82) is 5.26 Å². The topological polar surface area (TPSA) is 80.0 Å². The molecule has 0 unspecified atom stereocenters. The van der Waals surface area contributed by atoms with E-state index in [0.717, 1.165) is 13.2 Å². The third kappa shape index (κ3) is 2.81. The molecule has 0 fully saturated rings. The van der Waals surface area contributed by atoms with Gasteiger partial charge in [-0.3, -0.25) is 0 Å². The molecule has 5 nitrogen and oxygen atoms in total. The van der Waals surface area contributed by atoms with Crippen molar-refractivity contribution in [2.75, 3.05) is 7.11 Å². The molecule has 0 radical (unpaired) electrons. The first-order valence-electron chi connectivity index (χ1n) is 4.03. The molecule has 1 heterocycles. The molecule has 0 atom stereocenters. The minimum atomic E-state index is -4.28. The minimum Gasteiger partial charge on any atom is -0.494 e. The molecule has 0 aromatic carbocycles. The van der Waals surface area contributed by atoms with Crippen LogP contribution in [0.2, 0.25) is 0 Å². The smallest absolute Gasteiger partial charge is 0.282 e. The van der Waals surface area contributed by atoms with Gasteiger partial charge in [-0.1, -0.05) is 0 Å². The number of methoxy groups -OCH3 is 1. The van der Waals surface area contributed by atoms with Gasteiger partial charge in [-0.05, 0) is 6.07 Å². The maximum atomic E-state index is 12.5. The Morgan fingerprint density at radius 1 is 1.59 bits per heavy atom. The molecule has 17 heavy (non-hydrogen) atoms. The number of nitriles is 1. The molecular weight excluding hydrogens is 278 g/mol. The molecule has 1 aromatic rings. The predicted molar refractivity (Wildman–Crippen MR) is 53.5 cm³/mol. The van der Waals surface area contributed by atoms with Crippen molar-refractivity contribution in [2.45, 2.75) is 11.5 Å². The second kappa shape index (κ2) is 4.81. The first-order chi connectivity index (χ1) is 7.81. The van der Waals surface area contributed by atoms with Gasteiger partial charge in [0.1, 0.15) is 6.07 Å². The Bertz CT molecular complexity index is 583. The number of alkyl halides is 2. The maximum Gasteiger partial charge on any atom is 0.282 e. The number of aromatic nitrogens is 1. The fraction of sp³-hybridized carbons (Fsp3) is 0.250. The minimum absolute atomic E-state index is 0.436. The summed E-state index contributed by atoms with van der Waals surface area (Å²) < 4.78 is 51.8. The molecule has 9 heteroatoms. The number of halogens is 3. The molecule has 0 spiro atoms. The fourth-order valence-corrected chi connectivity index (χ4v) is 1.98. The number of hydrogen-bond acceptors (Lipinski definition) is 5. The summed E-state index contributed by atoms with van der Waals surface area (Å²) >= 11 is 0. The molecule has 0 aliphatic carbocycles. The number of ether oxygens (including phenoxy) is 1. The Kier molecular flexibility index (Phi) is 3.85. The summed E-state index contributed by atoms with van der Waals surface area (Å²) in [6, 6.07) is 2.10. The van der Waals surface area contributed by atoms with Gasteiger partial charge in [-0.15, -0.1) is 0 Å². The highest BCUT2D eigenvalue weighted by Crippen LogP contribution is 2.31. The van der Waals surface area contributed by atoms with Gasteiger partial charge in [0.15, 0.2) is 11.4 Å². The van der Waals surface area contributed by atoms with Gasteiger partial charge in [0, 0.05) is 10.7 Å². The number of hydrogen-bond donors (Lipinski definition) is 0. The van der Waals surface area contributed by atoms with Gasteiger partial charge in [0.25, 0.3) is 15.5 Å². The highest BCUT2D eigenvalue weighted by Gasteiger charge is 2.25. The van der Waals surface area contributed by atoms with Gasteiger partial charge in [0.2, 0.25) is 5.03 Å². The summed E-state index contributed by atoms with van der Waals surface area (Å²) in [4.78, 5) is 3.27. The SMILES string of the molecule is COc1cc(C(F)F)c(C#N)nc1S(=O)(=O)Cl. The molecule has 1 rings (SSSR count). The number of rotatable bonds is 3. The summed E-state index contributed by atoms with van der Waals surface area (Å²) in [6.45, 7) is 0. The van der Waals surface area contributed by atoms with Crippen molar-refractivity contribution in [3.63, 3.8) is 0 Å². The van der Waals surface area contributed by atoms with Crippen LogP contribution < -0.4 is 4.74 Å². The average molecular weight is 283 g/mol. The van der Waals surface area contributed by atoms with E-state index in [1.54, 1.807) is 0 Å². The van der Waals surface area contributed by atoms with Gasteiger partial charge in [0.05, 0.1) is 12.7 Å². The van der Waals surface area contributed by atoms with E-state index in [-0.39, 0.29) is 0 Å². The second-order valence-corrected chi connectivity index (χ2v) is 5.27. The molecule has 0 bridgehead atoms. The fourth-order valence-electron chi connectivity index (χ4n) is 1.07. The zero-order valence-corrected chi connectivity index (χ0v) is 9.89. The lowest BCUT2D eigenvalue weighted by atomic mass is 10.2. The van der Waals surface area contributed by atoms with E-state index >= 15 is 0 Å². The average Bonchev–Trinajstić information content (AvgIpc) is 2.25. The summed E-state index contributed by atoms with van der Waals surface area (Å²) in [5.74, 6) is -0.436. The van der Waals surface area contributed by atoms with E-state index in [1.807, 2.05) is 0 Å². The lowest BCUT2D eigenvalue weighted by Gasteiger charge is -2.08. The van der Waals surface area contributed by atoms with E-state index in [9.17, 15) is 17.2 Å². The molecule has 92 valence electrons. The van der Waals surface area contributed by atoms with E-state index in [0.29, 0.717) is 0 Å². The van der Waals surface area contributed by atoms with Crippen molar-refractivity contribution in [1.82, 2.24) is 4.98 Å². The van der Waals surface area contributed by atoms with E-state index in [1.165, 1.54) is 6.07 Å². The highest BCUT2D eigenvalue weighted by atomic mass is 35.7. The summed E-state index contributed by atoms with van der Waals surface area (Å²) in [6.07, 6.45) is -2.97. The first-order valence-corrected chi connectivity index (χ1v) is 6.34. The van der Waals surface area contributed by atoms with E-state index < -0.39 is 37.5 Å². The maximum absolute atomic E-state index is 12.5. The van der Waals surface area contributed by atoms with E-state index in [4.69, 9.17) is 15.9 Å². The third-order valence-electron chi connectivity index (χ3n) is 1.78. The predicted octanol–water partition coefficient (Wildman–Crippen LogP) is 1.83. The van der Waals surface area contributed by atoms with Crippen LogP contribution in [0.1, 0.15) is 17.7 Å². The molecule has 0 aliphatic heterocycles. The van der Waals surface area contributed by atoms with Crippen molar-refractivity contribution in [3.8, 4) is 11.8 Å². The summed E-state index contributed by atoms with van der Waals surface area (Å²) in [5, 5.41) is 7.84. The van der Waals surface area contributed by atoms with Crippen molar-refractivity contribution >= 4 is 19.7 Å². The largest absolute Gasteiger partial charge is 0.494 e. The van der Waals surface area contributed by atoms with Gasteiger partial charge in [-0.25, -0.2) is 22.2 Å². The molecular formula is C8H5ClF2N2O3S. The molecule has 0 N–H and O–H groups in total. The zero-order valence-electron chi connectivity index (χ0n) is 8.32. The molecule has 0 aliphatic rings. The van der Waals surface area contributed by atoms with Crippen molar-refractivity contribution in [3.05, 3.63) is 17.3 Å². The Labute approximate surface area is 100 Å². The molecule has 0 saturated carbocycles. The van der Waals surface area contributed by atoms with Crippen molar-refractivity contribution < 1.29 is 21.9 Å². The standard InChI is InChI=1S/C8H5ClF2N2O3S/c1-16-6-2-4(7(10)11)5(3-12)13-8(6)17(9,14)15/h2,7H,1H3. The molecule has 1 aromatic heterocycles. The van der Waals surface area contributed by atoms with Crippen LogP contribution in [0.5, 0.6) is 5.75 Å². The summed E-state index contributed by atoms with van der Waals surface area (Å²) in [5.41, 5.74) is -1.42. The lowest BCUT2D eigenvalue weighted by Crippen LogP contribution is -2.05. The quantitative estimate of drug-likeness (QED) is 0.790. The van der Waals surface area contributed by atoms with Gasteiger partial charge >= 0.3 is 0 Å². The van der Waals surface area contributed by atoms with Crippen LogP contribution in [0.3, 0.4) is 0 Å². The van der Waals surface area contributed by atoms with Crippen LogP contribution in [-0.4, -0.2) is 20.5 Å². The Morgan fingerprint density at radius 2 is 2.18 bits per heavy atom. The lowest BCUT2D eigenvalue weighted by molar-refractivity contribution is 0.150. The highest BCUT2D eigenvalue weighted by molar-refractivity contribution is 8.13. The first kappa shape index (κ1) is 13.6. The zero-order chi connectivity index (χ0) is 13.2. The van der Waals surface area contributed by atoms with Gasteiger partial charge in [-0.2, -0.15) is 5.26 Å². The Hall–Kier alpha value is -1.46. The van der Waals surface area contributed by atoms with Crippen LogP contribution in [0, 0.1) is 11.3 Å². The third-order valence-corrected chi connectivity index (χ3v) is 2.97. The Morgan fingerprint density at radius 3 is 2.53 bits per heavy atom. The van der Waals surface area contributed by atoms with E-state index in [2.05, 4.69) is 9.72 Å². The normalized spacial score (nSPS) is 11.3. The molecule has 0 amide bonds. The van der Waals surface area contributed by atoms with Gasteiger partial charge < -0.3 is 4.74 Å². The van der Waals surface area contributed by atoms with Crippen molar-refractivity contribution in [2.24, 2.45) is 0 Å².